The minimum atomic E-state index is -0.134. The van der Waals surface area contributed by atoms with Crippen LogP contribution in [-0.2, 0) is 9.47 Å². The maximum Gasteiger partial charge on any atom is 0.270 e. The lowest BCUT2D eigenvalue weighted by Gasteiger charge is -2.21. The molecule has 0 aliphatic heterocycles. The Hall–Kier alpha value is -1.66. The van der Waals surface area contributed by atoms with Gasteiger partial charge in [-0.3, -0.25) is 9.59 Å². The molecule has 0 atom stereocenters. The molecule has 0 aliphatic carbocycles. The normalized spacial score (nSPS) is 10.6. The van der Waals surface area contributed by atoms with Crippen LogP contribution in [0.1, 0.15) is 34.3 Å². The molecule has 1 aromatic rings. The summed E-state index contributed by atoms with van der Waals surface area (Å²) in [7, 11) is 3.23. The van der Waals surface area contributed by atoms with Crippen molar-refractivity contribution in [1.29, 1.82) is 0 Å². The molecular weight excluding hydrogens is 260 g/mol. The third kappa shape index (κ3) is 4.79. The third-order valence-electron chi connectivity index (χ3n) is 2.92. The van der Waals surface area contributed by atoms with Gasteiger partial charge in [0.1, 0.15) is 5.69 Å². The number of H-pyrrole nitrogens is 1. The van der Waals surface area contributed by atoms with Gasteiger partial charge in [-0.15, -0.1) is 0 Å². The molecule has 0 saturated carbocycles. The molecule has 0 fully saturated rings. The number of hydrogen-bond acceptors (Lipinski definition) is 4. The summed E-state index contributed by atoms with van der Waals surface area (Å²) in [5.74, 6) is -0.225. The highest BCUT2D eigenvalue weighted by molar-refractivity contribution is 5.97. The smallest absolute Gasteiger partial charge is 0.270 e. The Kier molecular flexibility index (Phi) is 6.97. The number of Topliss-reactive ketones (excluding diaryl/α,β-unsaturated/α-hetero) is 1. The molecule has 0 saturated heterocycles. The van der Waals surface area contributed by atoms with Crippen LogP contribution in [0.3, 0.4) is 0 Å². The first-order valence-corrected chi connectivity index (χ1v) is 6.57. The number of amides is 1. The van der Waals surface area contributed by atoms with Crippen LogP contribution in [0.4, 0.5) is 0 Å². The van der Waals surface area contributed by atoms with E-state index < -0.39 is 0 Å². The standard InChI is InChI=1S/C14H22N2O4/c1-11(17)12-5-6-13(15-12)14(18)16(8-10-20-3)7-4-9-19-2/h5-6,15H,4,7-10H2,1-3H3. The molecule has 0 radical (unpaired) electrons. The van der Waals surface area contributed by atoms with E-state index in [0.717, 1.165) is 6.42 Å². The van der Waals surface area contributed by atoms with Gasteiger partial charge in [-0.25, -0.2) is 0 Å². The van der Waals surface area contributed by atoms with Crippen molar-refractivity contribution in [3.05, 3.63) is 23.5 Å². The summed E-state index contributed by atoms with van der Waals surface area (Å²) in [6, 6.07) is 3.26. The summed E-state index contributed by atoms with van der Waals surface area (Å²) >= 11 is 0. The Morgan fingerprint density at radius 2 is 1.75 bits per heavy atom. The van der Waals surface area contributed by atoms with Gasteiger partial charge in [0.05, 0.1) is 12.3 Å². The summed E-state index contributed by atoms with van der Waals surface area (Å²) < 4.78 is 10.0. The van der Waals surface area contributed by atoms with Crippen LogP contribution in [0.15, 0.2) is 12.1 Å². The highest BCUT2D eigenvalue weighted by Crippen LogP contribution is 2.07. The molecule has 0 unspecified atom stereocenters. The number of methoxy groups -OCH3 is 2. The lowest BCUT2D eigenvalue weighted by molar-refractivity contribution is 0.0669. The second-order valence-corrected chi connectivity index (χ2v) is 4.47. The van der Waals surface area contributed by atoms with Crippen LogP contribution in [0.25, 0.3) is 0 Å². The Morgan fingerprint density at radius 3 is 2.30 bits per heavy atom. The molecule has 0 spiro atoms. The quantitative estimate of drug-likeness (QED) is 0.548. The fraction of sp³-hybridized carbons (Fsp3) is 0.571. The summed E-state index contributed by atoms with van der Waals surface area (Å²) in [5.41, 5.74) is 0.862. The van der Waals surface area contributed by atoms with Gasteiger partial charge in [0.15, 0.2) is 5.78 Å². The monoisotopic (exact) mass is 282 g/mol. The van der Waals surface area contributed by atoms with E-state index in [1.807, 2.05) is 0 Å². The van der Waals surface area contributed by atoms with Crippen LogP contribution < -0.4 is 0 Å². The van der Waals surface area contributed by atoms with E-state index in [0.29, 0.717) is 37.7 Å². The summed E-state index contributed by atoms with van der Waals surface area (Å²) in [4.78, 5) is 28.1. The van der Waals surface area contributed by atoms with E-state index >= 15 is 0 Å². The molecule has 0 bridgehead atoms. The first-order chi connectivity index (χ1) is 9.60. The second kappa shape index (κ2) is 8.50. The van der Waals surface area contributed by atoms with Gasteiger partial charge in [-0.2, -0.15) is 0 Å². The van der Waals surface area contributed by atoms with Crippen molar-refractivity contribution in [3.8, 4) is 0 Å². The van der Waals surface area contributed by atoms with Crippen LogP contribution in [-0.4, -0.2) is 62.1 Å². The van der Waals surface area contributed by atoms with E-state index in [1.54, 1.807) is 31.3 Å². The highest BCUT2D eigenvalue weighted by Gasteiger charge is 2.17. The Labute approximate surface area is 119 Å². The number of hydrogen-bond donors (Lipinski definition) is 1. The fourth-order valence-corrected chi connectivity index (χ4v) is 1.81. The fourth-order valence-electron chi connectivity index (χ4n) is 1.81. The Balaban J connectivity index is 2.71. The molecule has 6 nitrogen and oxygen atoms in total. The van der Waals surface area contributed by atoms with Crippen molar-refractivity contribution in [1.82, 2.24) is 9.88 Å². The Bertz CT molecular complexity index is 442. The molecule has 20 heavy (non-hydrogen) atoms. The Morgan fingerprint density at radius 1 is 1.10 bits per heavy atom. The van der Waals surface area contributed by atoms with Crippen molar-refractivity contribution >= 4 is 11.7 Å². The molecule has 1 rings (SSSR count). The van der Waals surface area contributed by atoms with Crippen LogP contribution in [0.2, 0.25) is 0 Å². The molecule has 6 heteroatoms. The number of ether oxygens (including phenoxy) is 2. The topological polar surface area (TPSA) is 71.6 Å². The van der Waals surface area contributed by atoms with Crippen molar-refractivity contribution in [3.63, 3.8) is 0 Å². The van der Waals surface area contributed by atoms with E-state index in [2.05, 4.69) is 4.98 Å². The predicted octanol–water partition coefficient (Wildman–Crippen LogP) is 1.34. The van der Waals surface area contributed by atoms with Gasteiger partial charge < -0.3 is 19.4 Å². The zero-order valence-electron chi connectivity index (χ0n) is 12.3. The molecule has 1 amide bonds. The lowest BCUT2D eigenvalue weighted by Crippen LogP contribution is -2.35. The first-order valence-electron chi connectivity index (χ1n) is 6.57. The predicted molar refractivity (Wildman–Crippen MR) is 75.1 cm³/mol. The van der Waals surface area contributed by atoms with E-state index in [4.69, 9.17) is 9.47 Å². The number of carbonyl (C=O) groups is 2. The number of nitrogens with one attached hydrogen (secondary N) is 1. The van der Waals surface area contributed by atoms with Gasteiger partial charge in [0.25, 0.3) is 5.91 Å². The van der Waals surface area contributed by atoms with Crippen molar-refractivity contribution in [2.24, 2.45) is 0 Å². The lowest BCUT2D eigenvalue weighted by atomic mass is 10.3. The number of rotatable bonds is 9. The SMILES string of the molecule is COCCCN(CCOC)C(=O)c1ccc(C(C)=O)[nH]1. The molecule has 112 valence electrons. The molecule has 0 aliphatic rings. The number of carbonyl (C=O) groups excluding carboxylic acids is 2. The van der Waals surface area contributed by atoms with E-state index in [-0.39, 0.29) is 11.7 Å². The van der Waals surface area contributed by atoms with Gasteiger partial charge in [0, 0.05) is 40.8 Å². The summed E-state index contributed by atoms with van der Waals surface area (Å²) in [6.07, 6.45) is 0.756. The van der Waals surface area contributed by atoms with Gasteiger partial charge in [-0.05, 0) is 18.6 Å². The molecule has 1 aromatic heterocycles. The van der Waals surface area contributed by atoms with Crippen LogP contribution >= 0.6 is 0 Å². The molecule has 1 N–H and O–H groups in total. The second-order valence-electron chi connectivity index (χ2n) is 4.47. The van der Waals surface area contributed by atoms with Gasteiger partial charge in [-0.1, -0.05) is 0 Å². The van der Waals surface area contributed by atoms with Crippen LogP contribution in [0.5, 0.6) is 0 Å². The number of ketones is 1. The average Bonchev–Trinajstić information content (AvgIpc) is 2.92. The summed E-state index contributed by atoms with van der Waals surface area (Å²) in [5, 5.41) is 0. The number of nitrogens with zero attached hydrogens (tertiary/aromatic N) is 1. The first kappa shape index (κ1) is 16.4. The molecule has 1 heterocycles. The van der Waals surface area contributed by atoms with Crippen molar-refractivity contribution < 1.29 is 19.1 Å². The van der Waals surface area contributed by atoms with E-state index in [9.17, 15) is 9.59 Å². The minimum absolute atomic E-state index is 0.0909. The largest absolute Gasteiger partial charge is 0.385 e. The zero-order chi connectivity index (χ0) is 15.0. The van der Waals surface area contributed by atoms with E-state index in [1.165, 1.54) is 6.92 Å². The molecular formula is C14H22N2O4. The maximum absolute atomic E-state index is 12.4. The highest BCUT2D eigenvalue weighted by atomic mass is 16.5. The number of aromatic nitrogens is 1. The zero-order valence-corrected chi connectivity index (χ0v) is 12.3. The number of aromatic amines is 1. The minimum Gasteiger partial charge on any atom is -0.385 e. The van der Waals surface area contributed by atoms with Crippen molar-refractivity contribution in [2.75, 3.05) is 40.5 Å². The summed E-state index contributed by atoms with van der Waals surface area (Å²) in [6.45, 7) is 3.62. The molecule has 0 aromatic carbocycles. The van der Waals surface area contributed by atoms with Gasteiger partial charge in [0.2, 0.25) is 0 Å². The van der Waals surface area contributed by atoms with Crippen molar-refractivity contribution in [2.45, 2.75) is 13.3 Å². The van der Waals surface area contributed by atoms with Crippen LogP contribution in [0, 0.1) is 0 Å². The van der Waals surface area contributed by atoms with Gasteiger partial charge >= 0.3 is 0 Å². The third-order valence-corrected chi connectivity index (χ3v) is 2.92. The maximum atomic E-state index is 12.4. The average molecular weight is 282 g/mol.